The van der Waals surface area contributed by atoms with Gasteiger partial charge in [0.05, 0.1) is 10.2 Å². The van der Waals surface area contributed by atoms with Crippen LogP contribution in [-0.2, 0) is 3.96 Å². The molecular formula is C11H10Cl2Si. The number of hydrogen-bond acceptors (Lipinski definition) is 0. The van der Waals surface area contributed by atoms with Crippen LogP contribution in [0.4, 0.5) is 0 Å². The van der Waals surface area contributed by atoms with E-state index < -0.39 is 3.96 Å². The van der Waals surface area contributed by atoms with E-state index in [1.54, 1.807) is 0 Å². The van der Waals surface area contributed by atoms with Gasteiger partial charge >= 0.3 is 0 Å². The molecule has 0 aliphatic carbocycles. The highest BCUT2D eigenvalue weighted by Gasteiger charge is 2.21. The Balaban J connectivity index is 2.78. The molecule has 0 bridgehead atoms. The summed E-state index contributed by atoms with van der Waals surface area (Å²) in [7, 11) is 0.716. The van der Waals surface area contributed by atoms with Gasteiger partial charge in [-0.2, -0.15) is 0 Å². The zero-order chi connectivity index (χ0) is 10.2. The molecule has 0 saturated heterocycles. The Bertz CT molecular complexity index is 455. The topological polar surface area (TPSA) is 0 Å². The standard InChI is InChI=1S/C11H10Cl2Si/c12-11(13,14)10-7-3-5-8-4-1-2-6-9(8)10/h1-7H,14H3. The zero-order valence-corrected chi connectivity index (χ0v) is 11.3. The Labute approximate surface area is 96.3 Å². The summed E-state index contributed by atoms with van der Waals surface area (Å²) in [6, 6.07) is 14.2. The van der Waals surface area contributed by atoms with E-state index >= 15 is 0 Å². The van der Waals surface area contributed by atoms with Gasteiger partial charge in [0.25, 0.3) is 0 Å². The second-order valence-electron chi connectivity index (χ2n) is 3.42. The third-order valence-corrected chi connectivity index (χ3v) is 3.21. The first kappa shape index (κ1) is 10.0. The Morgan fingerprint density at radius 2 is 1.57 bits per heavy atom. The van der Waals surface area contributed by atoms with E-state index in [0.717, 1.165) is 10.9 Å². The van der Waals surface area contributed by atoms with Gasteiger partial charge in [0.2, 0.25) is 0 Å². The van der Waals surface area contributed by atoms with Gasteiger partial charge in [-0.25, -0.2) is 0 Å². The van der Waals surface area contributed by atoms with Crippen LogP contribution in [0, 0.1) is 0 Å². The average molecular weight is 241 g/mol. The van der Waals surface area contributed by atoms with Gasteiger partial charge in [0, 0.05) is 0 Å². The molecule has 72 valence electrons. The van der Waals surface area contributed by atoms with Gasteiger partial charge in [-0.1, -0.05) is 42.5 Å². The maximum atomic E-state index is 6.16. The van der Waals surface area contributed by atoms with Crippen molar-refractivity contribution in [3.63, 3.8) is 0 Å². The molecular weight excluding hydrogens is 231 g/mol. The second-order valence-corrected chi connectivity index (χ2v) is 7.89. The second kappa shape index (κ2) is 3.57. The third-order valence-electron chi connectivity index (χ3n) is 2.26. The highest BCUT2D eigenvalue weighted by molar-refractivity contribution is 6.64. The number of fused-ring (bicyclic) bond motifs is 1. The van der Waals surface area contributed by atoms with E-state index in [9.17, 15) is 0 Å². The lowest BCUT2D eigenvalue weighted by Gasteiger charge is -2.16. The van der Waals surface area contributed by atoms with Crippen LogP contribution in [0.5, 0.6) is 0 Å². The molecule has 0 radical (unpaired) electrons. The first-order chi connectivity index (χ1) is 6.59. The predicted molar refractivity (Wildman–Crippen MR) is 67.3 cm³/mol. The van der Waals surface area contributed by atoms with Crippen LogP contribution in [-0.4, -0.2) is 10.2 Å². The van der Waals surface area contributed by atoms with E-state index in [-0.39, 0.29) is 0 Å². The molecule has 0 unspecified atom stereocenters. The molecule has 2 aromatic carbocycles. The molecule has 2 aromatic rings. The summed E-state index contributed by atoms with van der Waals surface area (Å²) in [5.41, 5.74) is 1.02. The lowest BCUT2D eigenvalue weighted by Crippen LogP contribution is -2.09. The fraction of sp³-hybridized carbons (Fsp3) is 0.0909. The Morgan fingerprint density at radius 3 is 2.29 bits per heavy atom. The largest absolute Gasteiger partial charge is 0.121 e. The SMILES string of the molecule is [SiH3]C(Cl)(Cl)c1cccc2ccccc12. The Hall–Kier alpha value is -0.503. The molecule has 0 nitrogen and oxygen atoms in total. The Morgan fingerprint density at radius 1 is 0.929 bits per heavy atom. The lowest BCUT2D eigenvalue weighted by atomic mass is 10.1. The number of rotatable bonds is 1. The van der Waals surface area contributed by atoms with Crippen molar-refractivity contribution in [2.75, 3.05) is 0 Å². The van der Waals surface area contributed by atoms with Crippen LogP contribution < -0.4 is 0 Å². The van der Waals surface area contributed by atoms with Crippen molar-refractivity contribution in [1.29, 1.82) is 0 Å². The number of halogens is 2. The molecule has 0 spiro atoms. The van der Waals surface area contributed by atoms with Gasteiger partial charge in [0.1, 0.15) is 3.96 Å². The van der Waals surface area contributed by atoms with Gasteiger partial charge in [0.15, 0.2) is 0 Å². The maximum Gasteiger partial charge on any atom is 0.121 e. The van der Waals surface area contributed by atoms with E-state index in [2.05, 4.69) is 18.2 Å². The molecule has 0 saturated carbocycles. The zero-order valence-electron chi connectivity index (χ0n) is 7.80. The van der Waals surface area contributed by atoms with Crippen LogP contribution >= 0.6 is 23.2 Å². The average Bonchev–Trinajstić information content (AvgIpc) is 2.15. The maximum absolute atomic E-state index is 6.16. The monoisotopic (exact) mass is 240 g/mol. The number of hydrogen-bond donors (Lipinski definition) is 0. The molecule has 0 fully saturated rings. The summed E-state index contributed by atoms with van der Waals surface area (Å²) in [6.45, 7) is 0. The number of benzene rings is 2. The van der Waals surface area contributed by atoms with E-state index in [4.69, 9.17) is 23.2 Å². The summed E-state index contributed by atoms with van der Waals surface area (Å²) in [5, 5.41) is 2.33. The summed E-state index contributed by atoms with van der Waals surface area (Å²) < 4.78 is -0.694. The first-order valence-electron chi connectivity index (χ1n) is 4.45. The van der Waals surface area contributed by atoms with Crippen molar-refractivity contribution in [2.45, 2.75) is 3.96 Å². The van der Waals surface area contributed by atoms with Gasteiger partial charge in [-0.3, -0.25) is 0 Å². The molecule has 3 heteroatoms. The molecule has 14 heavy (non-hydrogen) atoms. The van der Waals surface area contributed by atoms with Gasteiger partial charge in [-0.15, -0.1) is 23.2 Å². The van der Waals surface area contributed by atoms with Crippen molar-refractivity contribution in [1.82, 2.24) is 0 Å². The fourth-order valence-electron chi connectivity index (χ4n) is 1.61. The van der Waals surface area contributed by atoms with E-state index in [1.165, 1.54) is 5.39 Å². The van der Waals surface area contributed by atoms with E-state index in [1.807, 2.05) is 24.3 Å². The fourth-order valence-corrected chi connectivity index (χ4v) is 2.37. The summed E-state index contributed by atoms with van der Waals surface area (Å²) in [6.07, 6.45) is 0. The quantitative estimate of drug-likeness (QED) is 0.532. The molecule has 0 atom stereocenters. The van der Waals surface area contributed by atoms with Crippen LogP contribution in [0.15, 0.2) is 42.5 Å². The Kier molecular flexibility index (Phi) is 2.56. The predicted octanol–water partition coefficient (Wildman–Crippen LogP) is 2.79. The van der Waals surface area contributed by atoms with Crippen LogP contribution in [0.1, 0.15) is 5.56 Å². The van der Waals surface area contributed by atoms with Crippen molar-refractivity contribution < 1.29 is 0 Å². The summed E-state index contributed by atoms with van der Waals surface area (Å²) >= 11 is 12.3. The normalized spacial score (nSPS) is 12.1. The minimum atomic E-state index is -0.694. The van der Waals surface area contributed by atoms with Crippen LogP contribution in [0.2, 0.25) is 0 Å². The highest BCUT2D eigenvalue weighted by Crippen LogP contribution is 2.34. The molecule has 0 aliphatic heterocycles. The smallest absolute Gasteiger partial charge is 0.102 e. The summed E-state index contributed by atoms with van der Waals surface area (Å²) in [4.78, 5) is 0. The van der Waals surface area contributed by atoms with Crippen molar-refractivity contribution in [3.8, 4) is 0 Å². The lowest BCUT2D eigenvalue weighted by molar-refractivity contribution is 1.27. The molecule has 0 heterocycles. The van der Waals surface area contributed by atoms with Crippen molar-refractivity contribution in [3.05, 3.63) is 48.0 Å². The number of alkyl halides is 2. The van der Waals surface area contributed by atoms with Crippen molar-refractivity contribution in [2.24, 2.45) is 0 Å². The van der Waals surface area contributed by atoms with Gasteiger partial charge in [-0.05, 0) is 16.3 Å². The molecule has 0 N–H and O–H groups in total. The minimum Gasteiger partial charge on any atom is -0.102 e. The molecule has 0 aromatic heterocycles. The molecule has 0 aliphatic rings. The highest BCUT2D eigenvalue weighted by atomic mass is 35.5. The van der Waals surface area contributed by atoms with Crippen molar-refractivity contribution >= 4 is 44.2 Å². The van der Waals surface area contributed by atoms with E-state index in [0.29, 0.717) is 10.2 Å². The summed E-state index contributed by atoms with van der Waals surface area (Å²) in [5.74, 6) is 0. The van der Waals surface area contributed by atoms with Crippen LogP contribution in [0.25, 0.3) is 10.8 Å². The molecule has 2 rings (SSSR count). The van der Waals surface area contributed by atoms with Gasteiger partial charge < -0.3 is 0 Å². The van der Waals surface area contributed by atoms with Crippen LogP contribution in [0.3, 0.4) is 0 Å². The minimum absolute atomic E-state index is 0.694. The molecule has 0 amide bonds. The first-order valence-corrected chi connectivity index (χ1v) is 6.21. The third kappa shape index (κ3) is 1.80.